The molecule has 0 saturated carbocycles. The molecule has 0 bridgehead atoms. The highest BCUT2D eigenvalue weighted by atomic mass is 16.5. The summed E-state index contributed by atoms with van der Waals surface area (Å²) in [4.78, 5) is 6.98. The highest BCUT2D eigenvalue weighted by Crippen LogP contribution is 2.26. The molecule has 0 radical (unpaired) electrons. The van der Waals surface area contributed by atoms with Crippen molar-refractivity contribution in [3.63, 3.8) is 0 Å². The number of ether oxygens (including phenoxy) is 3. The first-order valence-electron chi connectivity index (χ1n) is 9.38. The van der Waals surface area contributed by atoms with Gasteiger partial charge in [0, 0.05) is 58.4 Å². The van der Waals surface area contributed by atoms with Crippen LogP contribution in [0, 0.1) is 5.92 Å². The molecule has 0 spiro atoms. The smallest absolute Gasteiger partial charge is 0.0952 e. The lowest BCUT2D eigenvalue weighted by Gasteiger charge is -2.40. The van der Waals surface area contributed by atoms with Crippen molar-refractivity contribution < 1.29 is 14.2 Å². The Morgan fingerprint density at radius 3 is 2.58 bits per heavy atom. The maximum atomic E-state index is 6.12. The third-order valence-electron chi connectivity index (χ3n) is 5.66. The summed E-state index contributed by atoms with van der Waals surface area (Å²) >= 11 is 0. The molecule has 0 aliphatic carbocycles. The Bertz CT molecular complexity index is 509. The highest BCUT2D eigenvalue weighted by Gasteiger charge is 2.30. The monoisotopic (exact) mass is 335 g/mol. The molecule has 24 heavy (non-hydrogen) atoms. The molecule has 1 unspecified atom stereocenters. The maximum Gasteiger partial charge on any atom is 0.0952 e. The predicted octanol–water partition coefficient (Wildman–Crippen LogP) is 1.86. The van der Waals surface area contributed by atoms with Crippen molar-refractivity contribution in [2.45, 2.75) is 44.3 Å². The van der Waals surface area contributed by atoms with E-state index in [1.165, 1.54) is 5.69 Å². The average Bonchev–Trinajstić information content (AvgIpc) is 3.12. The van der Waals surface area contributed by atoms with Crippen molar-refractivity contribution in [2.75, 3.05) is 46.2 Å². The van der Waals surface area contributed by atoms with E-state index in [1.807, 2.05) is 12.5 Å². The molecule has 1 atom stereocenters. The van der Waals surface area contributed by atoms with Crippen LogP contribution in [-0.4, -0.2) is 66.7 Å². The third-order valence-corrected chi connectivity index (χ3v) is 5.66. The summed E-state index contributed by atoms with van der Waals surface area (Å²) in [5.74, 6) is 0.663. The Morgan fingerprint density at radius 2 is 1.79 bits per heavy atom. The maximum absolute atomic E-state index is 6.12. The minimum absolute atomic E-state index is 0.374. The fraction of sp³-hybridized carbons (Fsp3) is 0.833. The van der Waals surface area contributed by atoms with Gasteiger partial charge in [0.25, 0.3) is 0 Å². The second-order valence-electron chi connectivity index (χ2n) is 7.31. The fourth-order valence-corrected chi connectivity index (χ4v) is 4.16. The molecule has 1 aromatic heterocycles. The number of nitrogens with zero attached hydrogens (tertiary/aromatic N) is 3. The summed E-state index contributed by atoms with van der Waals surface area (Å²) in [6, 6.07) is 1.01. The van der Waals surface area contributed by atoms with E-state index >= 15 is 0 Å². The van der Waals surface area contributed by atoms with Gasteiger partial charge in [0.05, 0.1) is 24.7 Å². The standard InChI is InChI=1S/C18H29N3O3/c1-5-22-6-2-15(1)12-24-13-18-11-20(16-3-7-23-8-4-16)10-17-9-19-14-21(17)18/h9,14-16,18H,1-8,10-13H2. The van der Waals surface area contributed by atoms with Gasteiger partial charge in [0.2, 0.25) is 0 Å². The molecule has 6 heteroatoms. The molecule has 3 aliphatic heterocycles. The van der Waals surface area contributed by atoms with E-state index in [0.717, 1.165) is 78.4 Å². The summed E-state index contributed by atoms with van der Waals surface area (Å²) in [5, 5.41) is 0. The SMILES string of the molecule is c1ncn2c1CN(C1CCOCC1)CC2COCC1CCOCC1. The topological polar surface area (TPSA) is 48.8 Å². The predicted molar refractivity (Wildman–Crippen MR) is 89.9 cm³/mol. The van der Waals surface area contributed by atoms with Crippen LogP contribution in [0.15, 0.2) is 12.5 Å². The first kappa shape index (κ1) is 16.5. The summed E-state index contributed by atoms with van der Waals surface area (Å²) < 4.78 is 19.4. The lowest BCUT2D eigenvalue weighted by atomic mass is 10.0. The number of imidazole rings is 1. The van der Waals surface area contributed by atoms with Gasteiger partial charge >= 0.3 is 0 Å². The quantitative estimate of drug-likeness (QED) is 0.822. The van der Waals surface area contributed by atoms with Gasteiger partial charge < -0.3 is 18.8 Å². The van der Waals surface area contributed by atoms with Crippen LogP contribution >= 0.6 is 0 Å². The third kappa shape index (κ3) is 3.82. The van der Waals surface area contributed by atoms with Crippen LogP contribution < -0.4 is 0 Å². The molecular formula is C18H29N3O3. The van der Waals surface area contributed by atoms with E-state index < -0.39 is 0 Å². The second-order valence-corrected chi connectivity index (χ2v) is 7.31. The molecular weight excluding hydrogens is 306 g/mol. The van der Waals surface area contributed by atoms with Gasteiger partial charge in [-0.15, -0.1) is 0 Å². The Morgan fingerprint density at radius 1 is 1.04 bits per heavy atom. The zero-order valence-electron chi connectivity index (χ0n) is 14.4. The zero-order valence-corrected chi connectivity index (χ0v) is 14.4. The molecule has 2 fully saturated rings. The number of fused-ring (bicyclic) bond motifs is 1. The molecule has 134 valence electrons. The minimum Gasteiger partial charge on any atom is -0.381 e. The van der Waals surface area contributed by atoms with Crippen molar-refractivity contribution in [3.8, 4) is 0 Å². The number of hydrogen-bond acceptors (Lipinski definition) is 5. The zero-order chi connectivity index (χ0) is 16.2. The first-order valence-corrected chi connectivity index (χ1v) is 9.38. The molecule has 6 nitrogen and oxygen atoms in total. The largest absolute Gasteiger partial charge is 0.381 e. The van der Waals surface area contributed by atoms with Crippen LogP contribution in [0.25, 0.3) is 0 Å². The Labute approximate surface area is 144 Å². The lowest BCUT2D eigenvalue weighted by molar-refractivity contribution is -0.0106. The van der Waals surface area contributed by atoms with E-state index in [0.29, 0.717) is 18.0 Å². The van der Waals surface area contributed by atoms with Gasteiger partial charge in [-0.25, -0.2) is 4.98 Å². The molecule has 1 aromatic rings. The van der Waals surface area contributed by atoms with E-state index in [4.69, 9.17) is 14.2 Å². The van der Waals surface area contributed by atoms with E-state index in [9.17, 15) is 0 Å². The first-order chi connectivity index (χ1) is 11.9. The number of hydrogen-bond donors (Lipinski definition) is 0. The molecule has 3 aliphatic rings. The molecule has 0 aromatic carbocycles. The van der Waals surface area contributed by atoms with Crippen molar-refractivity contribution in [2.24, 2.45) is 5.92 Å². The summed E-state index contributed by atoms with van der Waals surface area (Å²) in [7, 11) is 0. The van der Waals surface area contributed by atoms with Gasteiger partial charge in [-0.2, -0.15) is 0 Å². The van der Waals surface area contributed by atoms with Crippen LogP contribution in [0.1, 0.15) is 37.4 Å². The van der Waals surface area contributed by atoms with Gasteiger partial charge in [-0.3, -0.25) is 4.90 Å². The molecule has 0 N–H and O–H groups in total. The van der Waals surface area contributed by atoms with Crippen molar-refractivity contribution >= 4 is 0 Å². The molecule has 0 amide bonds. The van der Waals surface area contributed by atoms with Crippen LogP contribution in [-0.2, 0) is 20.8 Å². The van der Waals surface area contributed by atoms with Gasteiger partial charge in [-0.1, -0.05) is 0 Å². The minimum atomic E-state index is 0.374. The van der Waals surface area contributed by atoms with Gasteiger partial charge in [0.15, 0.2) is 0 Å². The van der Waals surface area contributed by atoms with Crippen LogP contribution in [0.3, 0.4) is 0 Å². The number of aromatic nitrogens is 2. The van der Waals surface area contributed by atoms with Crippen molar-refractivity contribution in [3.05, 3.63) is 18.2 Å². The summed E-state index contributed by atoms with van der Waals surface area (Å²) in [6.07, 6.45) is 8.54. The van der Waals surface area contributed by atoms with E-state index in [-0.39, 0.29) is 0 Å². The number of rotatable bonds is 5. The second kappa shape index (κ2) is 7.95. The van der Waals surface area contributed by atoms with Gasteiger partial charge in [-0.05, 0) is 31.6 Å². The molecule has 2 saturated heterocycles. The normalized spacial score (nSPS) is 27.2. The summed E-state index contributed by atoms with van der Waals surface area (Å²) in [5.41, 5.74) is 1.31. The fourth-order valence-electron chi connectivity index (χ4n) is 4.16. The van der Waals surface area contributed by atoms with Crippen molar-refractivity contribution in [1.82, 2.24) is 14.5 Å². The van der Waals surface area contributed by atoms with Crippen LogP contribution in [0.5, 0.6) is 0 Å². The Kier molecular flexibility index (Phi) is 5.47. The molecule has 4 heterocycles. The van der Waals surface area contributed by atoms with E-state index in [1.54, 1.807) is 0 Å². The Hall–Kier alpha value is -0.950. The lowest BCUT2D eigenvalue weighted by Crippen LogP contribution is -2.46. The van der Waals surface area contributed by atoms with Crippen LogP contribution in [0.4, 0.5) is 0 Å². The van der Waals surface area contributed by atoms with Crippen molar-refractivity contribution in [1.29, 1.82) is 0 Å². The average molecular weight is 335 g/mol. The highest BCUT2D eigenvalue weighted by molar-refractivity contribution is 5.05. The molecule has 4 rings (SSSR count). The Balaban J connectivity index is 1.34. The summed E-state index contributed by atoms with van der Waals surface area (Å²) in [6.45, 7) is 7.27. The van der Waals surface area contributed by atoms with E-state index in [2.05, 4.69) is 14.5 Å². The van der Waals surface area contributed by atoms with Gasteiger partial charge in [0.1, 0.15) is 0 Å². The van der Waals surface area contributed by atoms with Crippen LogP contribution in [0.2, 0.25) is 0 Å².